The topological polar surface area (TPSA) is 68.3 Å². The van der Waals surface area contributed by atoms with Crippen LogP contribution in [0.3, 0.4) is 0 Å². The van der Waals surface area contributed by atoms with Gasteiger partial charge in [-0.2, -0.15) is 0 Å². The molecule has 0 radical (unpaired) electrons. The summed E-state index contributed by atoms with van der Waals surface area (Å²) in [4.78, 5) is 27.6. The van der Waals surface area contributed by atoms with Crippen LogP contribution in [-0.4, -0.2) is 28.3 Å². The van der Waals surface area contributed by atoms with Crippen LogP contribution in [0.4, 0.5) is 4.79 Å². The summed E-state index contributed by atoms with van der Waals surface area (Å²) in [7, 11) is 0. The molecule has 1 heterocycles. The van der Waals surface area contributed by atoms with Gasteiger partial charge in [0.15, 0.2) is 5.12 Å². The smallest absolute Gasteiger partial charge is 0.407 e. The van der Waals surface area contributed by atoms with E-state index in [9.17, 15) is 9.59 Å². The third-order valence-corrected chi connectivity index (χ3v) is 4.09. The predicted molar refractivity (Wildman–Crippen MR) is 87.3 cm³/mol. The minimum atomic E-state index is -0.536. The third kappa shape index (κ3) is 7.15. The maximum atomic E-state index is 11.6. The van der Waals surface area contributed by atoms with Crippen LogP contribution in [0.1, 0.15) is 44.4 Å². The fourth-order valence-electron chi connectivity index (χ4n) is 1.71. The van der Waals surface area contributed by atoms with Gasteiger partial charge in [0.05, 0.1) is 5.51 Å². The van der Waals surface area contributed by atoms with Crippen LogP contribution in [0.5, 0.6) is 0 Å². The quantitative estimate of drug-likeness (QED) is 0.768. The molecule has 8 heteroatoms. The summed E-state index contributed by atoms with van der Waals surface area (Å²) in [6.07, 6.45) is 0.336. The lowest BCUT2D eigenvalue weighted by atomic mass is 10.0. The molecule has 0 aliphatic rings. The highest BCUT2D eigenvalue weighted by Gasteiger charge is 2.21. The first-order valence-electron chi connectivity index (χ1n) is 6.46. The summed E-state index contributed by atoms with van der Waals surface area (Å²) in [5.74, 6) is -0.107. The molecule has 0 fully saturated rings. The molecule has 0 spiro atoms. The van der Waals surface area contributed by atoms with Gasteiger partial charge in [0.1, 0.15) is 10.8 Å². The fraction of sp³-hybridized carbons (Fsp3) is 0.615. The molecule has 0 aliphatic heterocycles. The zero-order valence-electron chi connectivity index (χ0n) is 12.2. The zero-order chi connectivity index (χ0) is 16.0. The molecule has 1 N–H and O–H groups in total. The maximum Gasteiger partial charge on any atom is 0.407 e. The summed E-state index contributed by atoms with van der Waals surface area (Å²) in [5.41, 5.74) is 1.10. The largest absolute Gasteiger partial charge is 0.444 e. The molecule has 0 bridgehead atoms. The van der Waals surface area contributed by atoms with E-state index >= 15 is 0 Å². The number of ether oxygens (including phenoxy) is 1. The lowest BCUT2D eigenvalue weighted by Gasteiger charge is -2.20. The number of carbonyl (C=O) groups is 2. The first kappa shape index (κ1) is 18.3. The van der Waals surface area contributed by atoms with Crippen LogP contribution in [0.15, 0.2) is 5.51 Å². The van der Waals surface area contributed by atoms with E-state index in [0.717, 1.165) is 4.88 Å². The number of rotatable bonds is 6. The number of thiazole rings is 1. The van der Waals surface area contributed by atoms with Crippen LogP contribution < -0.4 is 5.32 Å². The molecular weight excluding hydrogens is 332 g/mol. The van der Waals surface area contributed by atoms with E-state index in [2.05, 4.69) is 22.9 Å². The number of nitrogens with one attached hydrogen (secondary N) is 1. The SMILES string of the molecule is CC(C)(C)OC(=O)NCC[C@@H](CC(=O)S)c1scnc1Cl. The Bertz CT molecular complexity index is 500. The molecule has 1 aromatic heterocycles. The molecule has 1 rings (SSSR count). The minimum Gasteiger partial charge on any atom is -0.444 e. The lowest BCUT2D eigenvalue weighted by Crippen LogP contribution is -2.33. The van der Waals surface area contributed by atoms with Gasteiger partial charge in [-0.15, -0.1) is 24.0 Å². The molecule has 0 aliphatic carbocycles. The molecule has 1 aromatic rings. The van der Waals surface area contributed by atoms with Crippen molar-refractivity contribution in [3.8, 4) is 0 Å². The number of thiol groups is 1. The van der Waals surface area contributed by atoms with Crippen molar-refractivity contribution in [3.05, 3.63) is 15.5 Å². The van der Waals surface area contributed by atoms with Crippen molar-refractivity contribution in [2.75, 3.05) is 6.54 Å². The average Bonchev–Trinajstić information content (AvgIpc) is 2.71. The lowest BCUT2D eigenvalue weighted by molar-refractivity contribution is -0.111. The Kier molecular flexibility index (Phi) is 6.96. The molecule has 0 unspecified atom stereocenters. The number of nitrogens with zero attached hydrogens (tertiary/aromatic N) is 1. The van der Waals surface area contributed by atoms with Gasteiger partial charge in [-0.3, -0.25) is 4.79 Å². The van der Waals surface area contributed by atoms with Crippen molar-refractivity contribution in [3.63, 3.8) is 0 Å². The number of amides is 1. The number of hydrogen-bond donors (Lipinski definition) is 2. The number of alkyl carbamates (subject to hydrolysis) is 1. The van der Waals surface area contributed by atoms with Gasteiger partial charge in [-0.05, 0) is 27.2 Å². The van der Waals surface area contributed by atoms with Gasteiger partial charge in [-0.1, -0.05) is 11.6 Å². The molecular formula is C13H19ClN2O3S2. The highest BCUT2D eigenvalue weighted by Crippen LogP contribution is 2.32. The number of aromatic nitrogens is 1. The predicted octanol–water partition coefficient (Wildman–Crippen LogP) is 3.64. The van der Waals surface area contributed by atoms with Gasteiger partial charge < -0.3 is 10.1 Å². The standard InChI is InChI=1S/C13H19ClN2O3S2/c1-13(2,3)19-12(18)15-5-4-8(6-9(17)20)10-11(14)16-7-21-10/h7-8H,4-6H2,1-3H3,(H,15,18)(H,17,20)/t8-/m0/s1. The normalized spacial score (nSPS) is 12.8. The first-order chi connectivity index (χ1) is 9.69. The highest BCUT2D eigenvalue weighted by atomic mass is 35.5. The summed E-state index contributed by atoms with van der Waals surface area (Å²) in [5, 5.41) is 2.85. The summed E-state index contributed by atoms with van der Waals surface area (Å²) >= 11 is 11.2. The zero-order valence-corrected chi connectivity index (χ0v) is 14.6. The molecule has 21 heavy (non-hydrogen) atoms. The van der Waals surface area contributed by atoms with Crippen LogP contribution in [0.2, 0.25) is 5.15 Å². The Hall–Kier alpha value is -0.790. The highest BCUT2D eigenvalue weighted by molar-refractivity contribution is 7.96. The molecule has 0 saturated heterocycles. The van der Waals surface area contributed by atoms with Gasteiger partial charge in [0.2, 0.25) is 0 Å². The van der Waals surface area contributed by atoms with E-state index < -0.39 is 11.7 Å². The number of hydrogen-bond acceptors (Lipinski definition) is 5. The van der Waals surface area contributed by atoms with Gasteiger partial charge in [0.25, 0.3) is 0 Å². The molecule has 5 nitrogen and oxygen atoms in total. The van der Waals surface area contributed by atoms with E-state index in [1.807, 2.05) is 0 Å². The van der Waals surface area contributed by atoms with Crippen molar-refractivity contribution in [2.45, 2.75) is 45.1 Å². The number of carbonyl (C=O) groups excluding carboxylic acids is 2. The Labute approximate surface area is 138 Å². The first-order valence-corrected chi connectivity index (χ1v) is 8.17. The van der Waals surface area contributed by atoms with Gasteiger partial charge in [0, 0.05) is 23.8 Å². The van der Waals surface area contributed by atoms with E-state index in [1.165, 1.54) is 11.3 Å². The van der Waals surface area contributed by atoms with Crippen molar-refractivity contribution < 1.29 is 14.3 Å². The molecule has 1 atom stereocenters. The summed E-state index contributed by atoms with van der Waals surface area (Å²) < 4.78 is 5.15. The van der Waals surface area contributed by atoms with Crippen molar-refractivity contribution >= 4 is 46.8 Å². The second kappa shape index (κ2) is 8.00. The Balaban J connectivity index is 2.53. The van der Waals surface area contributed by atoms with Crippen LogP contribution in [0, 0.1) is 0 Å². The van der Waals surface area contributed by atoms with Crippen LogP contribution in [0.25, 0.3) is 0 Å². The van der Waals surface area contributed by atoms with E-state index in [1.54, 1.807) is 26.3 Å². The summed E-state index contributed by atoms with van der Waals surface area (Å²) in [6.45, 7) is 5.78. The second-order valence-electron chi connectivity index (χ2n) is 5.52. The summed E-state index contributed by atoms with van der Waals surface area (Å²) in [6, 6.07) is 0. The van der Waals surface area contributed by atoms with Gasteiger partial charge in [-0.25, -0.2) is 9.78 Å². The monoisotopic (exact) mass is 350 g/mol. The van der Waals surface area contributed by atoms with Crippen molar-refractivity contribution in [1.29, 1.82) is 0 Å². The Morgan fingerprint density at radius 1 is 1.52 bits per heavy atom. The van der Waals surface area contributed by atoms with Gasteiger partial charge >= 0.3 is 6.09 Å². The van der Waals surface area contributed by atoms with E-state index in [4.69, 9.17) is 16.3 Å². The number of halogens is 1. The van der Waals surface area contributed by atoms with Crippen molar-refractivity contribution in [1.82, 2.24) is 10.3 Å². The molecule has 0 aromatic carbocycles. The molecule has 0 saturated carbocycles. The molecule has 118 valence electrons. The minimum absolute atomic E-state index is 0.107. The average molecular weight is 351 g/mol. The van der Waals surface area contributed by atoms with Crippen LogP contribution in [-0.2, 0) is 9.53 Å². The third-order valence-electron chi connectivity index (χ3n) is 2.50. The van der Waals surface area contributed by atoms with E-state index in [-0.39, 0.29) is 17.5 Å². The van der Waals surface area contributed by atoms with E-state index in [0.29, 0.717) is 18.1 Å². The Morgan fingerprint density at radius 3 is 2.67 bits per heavy atom. The Morgan fingerprint density at radius 2 is 2.19 bits per heavy atom. The van der Waals surface area contributed by atoms with Crippen molar-refractivity contribution in [2.24, 2.45) is 0 Å². The second-order valence-corrected chi connectivity index (χ2v) is 7.26. The molecule has 1 amide bonds. The maximum absolute atomic E-state index is 11.6. The van der Waals surface area contributed by atoms with Crippen LogP contribution >= 0.6 is 35.6 Å². The fourth-order valence-corrected chi connectivity index (χ4v) is 3.14.